The number of rotatable bonds is 9. The predicted octanol–water partition coefficient (Wildman–Crippen LogP) is 6.04. The van der Waals surface area contributed by atoms with Crippen LogP contribution >= 0.6 is 0 Å². The Kier molecular flexibility index (Phi) is 8.46. The van der Waals surface area contributed by atoms with Crippen molar-refractivity contribution in [2.24, 2.45) is 0 Å². The molecule has 0 unspecified atom stereocenters. The van der Waals surface area contributed by atoms with Gasteiger partial charge >= 0.3 is 17.9 Å². The Balaban J connectivity index is 1.30. The van der Waals surface area contributed by atoms with Gasteiger partial charge in [-0.1, -0.05) is 54.6 Å². The number of carbonyl (C=O) groups excluding carboxylic acids is 3. The van der Waals surface area contributed by atoms with Gasteiger partial charge in [0.05, 0.1) is 40.3 Å². The fourth-order valence-electron chi connectivity index (χ4n) is 5.53. The number of fused-ring (bicyclic) bond motifs is 1. The van der Waals surface area contributed by atoms with Crippen molar-refractivity contribution in [3.8, 4) is 11.3 Å². The average Bonchev–Trinajstić information content (AvgIpc) is 3.87. The van der Waals surface area contributed by atoms with E-state index in [-0.39, 0.29) is 27.9 Å². The van der Waals surface area contributed by atoms with Crippen molar-refractivity contribution in [3.63, 3.8) is 0 Å². The molecule has 1 fully saturated rings. The van der Waals surface area contributed by atoms with Crippen LogP contribution in [0.4, 0.5) is 4.39 Å². The molecular weight excluding hydrogens is 621 g/mol. The third-order valence-electron chi connectivity index (χ3n) is 7.81. The van der Waals surface area contributed by atoms with Crippen LogP contribution in [0, 0.1) is 5.82 Å². The summed E-state index contributed by atoms with van der Waals surface area (Å²) in [6.07, 6.45) is 0.154. The lowest BCUT2D eigenvalue weighted by molar-refractivity contribution is -0.0605. The minimum Gasteiger partial charge on any atom is -0.472 e. The van der Waals surface area contributed by atoms with Crippen LogP contribution in [-0.4, -0.2) is 57.4 Å². The van der Waals surface area contributed by atoms with Crippen LogP contribution in [0.2, 0.25) is 0 Å². The molecule has 48 heavy (non-hydrogen) atoms. The highest BCUT2D eigenvalue weighted by Gasteiger charge is 2.52. The number of hydrogen-bond acceptors (Lipinski definition) is 10. The Morgan fingerprint density at radius 3 is 1.92 bits per heavy atom. The summed E-state index contributed by atoms with van der Waals surface area (Å²) in [7, 11) is 0. The molecule has 4 heterocycles. The van der Waals surface area contributed by atoms with E-state index < -0.39 is 54.9 Å². The van der Waals surface area contributed by atoms with Crippen molar-refractivity contribution < 1.29 is 42.1 Å². The summed E-state index contributed by atoms with van der Waals surface area (Å²) in [5, 5.41) is 0.0624. The van der Waals surface area contributed by atoms with Gasteiger partial charge in [0.15, 0.2) is 24.3 Å². The highest BCUT2D eigenvalue weighted by atomic mass is 19.1. The monoisotopic (exact) mass is 647 g/mol. The summed E-state index contributed by atoms with van der Waals surface area (Å²) < 4.78 is 46.3. The Labute approximate surface area is 272 Å². The summed E-state index contributed by atoms with van der Waals surface area (Å²) in [5.74, 6) is -2.82. The third kappa shape index (κ3) is 6.04. The third-order valence-corrected chi connectivity index (χ3v) is 7.81. The van der Waals surface area contributed by atoms with Crippen LogP contribution < -0.4 is 0 Å². The second-order valence-corrected chi connectivity index (χ2v) is 10.8. The number of benzene rings is 3. The Morgan fingerprint density at radius 2 is 1.33 bits per heavy atom. The fourth-order valence-corrected chi connectivity index (χ4v) is 5.53. The molecule has 1 aliphatic rings. The first-order valence-electron chi connectivity index (χ1n) is 14.9. The van der Waals surface area contributed by atoms with Crippen LogP contribution in [0.1, 0.15) is 37.3 Å². The molecule has 3 aromatic heterocycles. The summed E-state index contributed by atoms with van der Waals surface area (Å²) in [4.78, 5) is 48.4. The van der Waals surface area contributed by atoms with Gasteiger partial charge < -0.3 is 23.4 Å². The highest BCUT2D eigenvalue weighted by Crippen LogP contribution is 2.39. The molecule has 0 radical (unpaired) electrons. The number of carbonyl (C=O) groups is 3. The fraction of sp³-hybridized carbons (Fsp3) is 0.139. The molecule has 4 atom stereocenters. The van der Waals surface area contributed by atoms with E-state index in [1.165, 1.54) is 23.4 Å². The molecule has 0 N–H and O–H groups in total. The van der Waals surface area contributed by atoms with Crippen molar-refractivity contribution in [1.82, 2.24) is 14.5 Å². The lowest BCUT2D eigenvalue weighted by Gasteiger charge is -2.25. The van der Waals surface area contributed by atoms with Gasteiger partial charge in [0, 0.05) is 11.8 Å². The SMILES string of the molecule is O=C(OC[C@H]1O[C@@H](n2cc(F)c3c(-c4ccoc4)ncnc32)[C@H](OC(=O)c2ccccc2)[C@@H]1OC(=O)c1ccccc1)c1ccccc1. The zero-order chi connectivity index (χ0) is 33.0. The van der Waals surface area contributed by atoms with Crippen LogP contribution in [0.15, 0.2) is 127 Å². The van der Waals surface area contributed by atoms with E-state index in [0.717, 1.165) is 6.20 Å². The molecule has 0 aliphatic carbocycles. The summed E-state index contributed by atoms with van der Waals surface area (Å²) in [6.45, 7) is -0.396. The molecule has 0 saturated carbocycles. The molecule has 1 aliphatic heterocycles. The smallest absolute Gasteiger partial charge is 0.338 e. The van der Waals surface area contributed by atoms with Crippen molar-refractivity contribution in [2.75, 3.05) is 6.61 Å². The first kappa shape index (κ1) is 30.5. The molecule has 12 heteroatoms. The Hall–Kier alpha value is -6.14. The lowest BCUT2D eigenvalue weighted by atomic mass is 10.1. The van der Waals surface area contributed by atoms with Gasteiger partial charge in [0.1, 0.15) is 24.7 Å². The van der Waals surface area contributed by atoms with Crippen LogP contribution in [0.5, 0.6) is 0 Å². The highest BCUT2D eigenvalue weighted by molar-refractivity contribution is 5.92. The molecule has 7 rings (SSSR count). The van der Waals surface area contributed by atoms with Crippen LogP contribution in [-0.2, 0) is 18.9 Å². The van der Waals surface area contributed by atoms with Gasteiger partial charge in [-0.05, 0) is 42.5 Å². The second-order valence-electron chi connectivity index (χ2n) is 10.8. The number of esters is 3. The molecular formula is C36H26FN3O8. The molecule has 240 valence electrons. The van der Waals surface area contributed by atoms with E-state index in [4.69, 9.17) is 23.4 Å². The van der Waals surface area contributed by atoms with Crippen LogP contribution in [0.25, 0.3) is 22.3 Å². The summed E-state index contributed by atoms with van der Waals surface area (Å²) in [5.41, 5.74) is 1.62. The van der Waals surface area contributed by atoms with Crippen molar-refractivity contribution in [2.45, 2.75) is 24.5 Å². The van der Waals surface area contributed by atoms with Gasteiger partial charge in [-0.2, -0.15) is 0 Å². The van der Waals surface area contributed by atoms with Gasteiger partial charge in [-0.3, -0.25) is 4.57 Å². The molecule has 3 aromatic carbocycles. The Morgan fingerprint density at radius 1 is 0.750 bits per heavy atom. The van der Waals surface area contributed by atoms with E-state index in [9.17, 15) is 14.4 Å². The molecule has 11 nitrogen and oxygen atoms in total. The molecule has 1 saturated heterocycles. The zero-order valence-corrected chi connectivity index (χ0v) is 25.0. The van der Waals surface area contributed by atoms with Crippen LogP contribution in [0.3, 0.4) is 0 Å². The number of aromatic nitrogens is 3. The number of ether oxygens (including phenoxy) is 4. The van der Waals surface area contributed by atoms with Crippen molar-refractivity contribution in [3.05, 3.63) is 145 Å². The lowest BCUT2D eigenvalue weighted by Crippen LogP contribution is -2.41. The number of furan rings is 1. The first-order chi connectivity index (χ1) is 23.5. The van der Waals surface area contributed by atoms with Gasteiger partial charge in [0.25, 0.3) is 0 Å². The Bertz CT molecular complexity index is 2050. The van der Waals surface area contributed by atoms with E-state index >= 15 is 4.39 Å². The first-order valence-corrected chi connectivity index (χ1v) is 14.9. The van der Waals surface area contributed by atoms with E-state index in [0.29, 0.717) is 11.1 Å². The standard InChI is InChI=1S/C36H26FN3O8/c37-26-18-40(32-28(26)29(38-21-39-32)25-16-17-44-19-25)33-31(48-36(43)24-14-8-3-9-15-24)30(47-35(42)23-12-6-2-7-13-23)27(46-33)20-45-34(41)22-10-4-1-5-11-22/h1-19,21,27,30-31,33H,20H2/t27-,30-,31-,33-/m1/s1. The maximum atomic E-state index is 15.8. The quantitative estimate of drug-likeness (QED) is 0.135. The molecule has 0 bridgehead atoms. The van der Waals surface area contributed by atoms with Crippen molar-refractivity contribution >= 4 is 28.9 Å². The second kappa shape index (κ2) is 13.3. The van der Waals surface area contributed by atoms with E-state index in [2.05, 4.69) is 9.97 Å². The van der Waals surface area contributed by atoms with Crippen molar-refractivity contribution in [1.29, 1.82) is 0 Å². The molecule has 0 amide bonds. The molecule has 0 spiro atoms. The topological polar surface area (TPSA) is 132 Å². The maximum Gasteiger partial charge on any atom is 0.338 e. The number of nitrogens with zero attached hydrogens (tertiary/aromatic N) is 3. The summed E-state index contributed by atoms with van der Waals surface area (Å²) >= 11 is 0. The minimum atomic E-state index is -1.35. The number of hydrogen-bond donors (Lipinski definition) is 0. The van der Waals surface area contributed by atoms with Gasteiger partial charge in [-0.25, -0.2) is 28.7 Å². The minimum absolute atomic E-state index is 0.0624. The maximum absolute atomic E-state index is 15.8. The van der Waals surface area contributed by atoms with Gasteiger partial charge in [-0.15, -0.1) is 0 Å². The predicted molar refractivity (Wildman–Crippen MR) is 167 cm³/mol. The zero-order valence-electron chi connectivity index (χ0n) is 25.0. The molecule has 6 aromatic rings. The average molecular weight is 648 g/mol. The normalized spacial score (nSPS) is 18.8. The summed E-state index contributed by atoms with van der Waals surface area (Å²) in [6, 6.07) is 26.3. The van der Waals surface area contributed by atoms with E-state index in [1.807, 2.05) is 0 Å². The van der Waals surface area contributed by atoms with Gasteiger partial charge in [0.2, 0.25) is 0 Å². The van der Waals surface area contributed by atoms with E-state index in [1.54, 1.807) is 97.1 Å². The largest absolute Gasteiger partial charge is 0.472 e. The number of halogens is 1.